The van der Waals surface area contributed by atoms with Crippen LogP contribution < -0.4 is 5.32 Å². The minimum absolute atomic E-state index is 0.158. The first-order valence-electron chi connectivity index (χ1n) is 7.89. The van der Waals surface area contributed by atoms with Crippen LogP contribution in [-0.4, -0.2) is 41.5 Å². The zero-order valence-electron chi connectivity index (χ0n) is 14.7. The lowest BCUT2D eigenvalue weighted by molar-refractivity contribution is -0.145. The minimum Gasteiger partial charge on any atom is -0.480 e. The van der Waals surface area contributed by atoms with Gasteiger partial charge >= 0.3 is 5.97 Å². The van der Waals surface area contributed by atoms with Crippen molar-refractivity contribution in [2.45, 2.75) is 40.3 Å². The molecule has 0 aromatic heterocycles. The van der Waals surface area contributed by atoms with Gasteiger partial charge in [-0.25, -0.2) is 4.79 Å². The van der Waals surface area contributed by atoms with Crippen molar-refractivity contribution in [3.63, 3.8) is 0 Å². The summed E-state index contributed by atoms with van der Waals surface area (Å²) in [5.74, 6) is -1.39. The molecule has 0 saturated heterocycles. The van der Waals surface area contributed by atoms with Crippen molar-refractivity contribution < 1.29 is 14.7 Å². The Morgan fingerprint density at radius 2 is 1.78 bits per heavy atom. The number of nitrogens with one attached hydrogen (secondary N) is 1. The maximum atomic E-state index is 12.5. The quantitative estimate of drug-likeness (QED) is 0.771. The number of rotatable bonds is 8. The van der Waals surface area contributed by atoms with Gasteiger partial charge in [0.1, 0.15) is 6.04 Å². The predicted molar refractivity (Wildman–Crippen MR) is 91.0 cm³/mol. The first-order chi connectivity index (χ1) is 10.6. The molecule has 1 unspecified atom stereocenters. The van der Waals surface area contributed by atoms with Crippen LogP contribution in [-0.2, 0) is 16.1 Å². The number of benzene rings is 1. The zero-order valence-corrected chi connectivity index (χ0v) is 14.7. The van der Waals surface area contributed by atoms with Crippen LogP contribution in [0.25, 0.3) is 0 Å². The lowest BCUT2D eigenvalue weighted by Crippen LogP contribution is -2.51. The molecule has 0 aliphatic carbocycles. The second-order valence-corrected chi connectivity index (χ2v) is 7.08. The van der Waals surface area contributed by atoms with E-state index in [0.717, 1.165) is 6.54 Å². The summed E-state index contributed by atoms with van der Waals surface area (Å²) >= 11 is 0. The molecule has 0 aliphatic rings. The largest absolute Gasteiger partial charge is 0.480 e. The number of carboxylic acids is 1. The van der Waals surface area contributed by atoms with Gasteiger partial charge in [-0.3, -0.25) is 4.79 Å². The summed E-state index contributed by atoms with van der Waals surface area (Å²) in [5, 5.41) is 11.9. The van der Waals surface area contributed by atoms with Crippen LogP contribution in [0.15, 0.2) is 30.3 Å². The van der Waals surface area contributed by atoms with Crippen molar-refractivity contribution in [1.82, 2.24) is 10.2 Å². The molecule has 0 fully saturated rings. The average Bonchev–Trinajstić information content (AvgIpc) is 2.43. The van der Waals surface area contributed by atoms with Crippen molar-refractivity contribution in [2.75, 3.05) is 13.6 Å². The summed E-state index contributed by atoms with van der Waals surface area (Å²) in [7, 11) is 1.96. The number of hydrogen-bond acceptors (Lipinski definition) is 3. The van der Waals surface area contributed by atoms with Crippen molar-refractivity contribution in [2.24, 2.45) is 11.3 Å². The molecular weight excluding hydrogens is 292 g/mol. The smallest absolute Gasteiger partial charge is 0.326 e. The molecule has 1 aromatic rings. The number of hydrogen-bond donors (Lipinski definition) is 2. The van der Waals surface area contributed by atoms with Crippen molar-refractivity contribution in [1.29, 1.82) is 0 Å². The Morgan fingerprint density at radius 1 is 1.22 bits per heavy atom. The van der Waals surface area contributed by atoms with E-state index >= 15 is 0 Å². The highest BCUT2D eigenvalue weighted by Crippen LogP contribution is 2.19. The molecule has 5 nitrogen and oxygen atoms in total. The van der Waals surface area contributed by atoms with Crippen LogP contribution >= 0.6 is 0 Å². The zero-order chi connectivity index (χ0) is 17.6. The molecule has 1 rings (SSSR count). The fraction of sp³-hybridized carbons (Fsp3) is 0.556. The molecule has 0 bridgehead atoms. The van der Waals surface area contributed by atoms with Gasteiger partial charge in [-0.1, -0.05) is 44.2 Å². The molecular formula is C18H28N2O3. The first-order valence-corrected chi connectivity index (χ1v) is 7.89. The topological polar surface area (TPSA) is 69.6 Å². The van der Waals surface area contributed by atoms with E-state index in [9.17, 15) is 14.7 Å². The van der Waals surface area contributed by atoms with E-state index in [4.69, 9.17) is 0 Å². The number of carbonyl (C=O) groups is 2. The highest BCUT2D eigenvalue weighted by molar-refractivity contribution is 5.87. The van der Waals surface area contributed by atoms with Gasteiger partial charge in [0.2, 0.25) is 5.91 Å². The van der Waals surface area contributed by atoms with Crippen LogP contribution in [0.5, 0.6) is 0 Å². The number of nitrogens with zero attached hydrogens (tertiary/aromatic N) is 1. The maximum absolute atomic E-state index is 12.5. The predicted octanol–water partition coefficient (Wildman–Crippen LogP) is 2.37. The second kappa shape index (κ2) is 8.11. The fourth-order valence-electron chi connectivity index (χ4n) is 2.55. The molecule has 0 radical (unpaired) electrons. The molecule has 0 heterocycles. The van der Waals surface area contributed by atoms with E-state index in [0.29, 0.717) is 6.54 Å². The SMILES string of the molecule is CC(C)C(NC(=O)C(C)(C)CN(C)Cc1ccccc1)C(=O)O. The Bertz CT molecular complexity index is 526. The Kier molecular flexibility index (Phi) is 6.76. The maximum Gasteiger partial charge on any atom is 0.326 e. The van der Waals surface area contributed by atoms with Crippen molar-refractivity contribution in [3.8, 4) is 0 Å². The third-order valence-electron chi connectivity index (χ3n) is 3.79. The van der Waals surface area contributed by atoms with E-state index in [1.807, 2.05) is 51.2 Å². The standard InChI is InChI=1S/C18H28N2O3/c1-13(2)15(16(21)22)19-17(23)18(3,4)12-20(5)11-14-9-7-6-8-10-14/h6-10,13,15H,11-12H2,1-5H3,(H,19,23)(H,21,22). The van der Waals surface area contributed by atoms with Gasteiger partial charge in [0.25, 0.3) is 0 Å². The van der Waals surface area contributed by atoms with Crippen LogP contribution in [0.3, 0.4) is 0 Å². The molecule has 128 valence electrons. The van der Waals surface area contributed by atoms with Gasteiger partial charge < -0.3 is 15.3 Å². The molecule has 1 aromatic carbocycles. The Morgan fingerprint density at radius 3 is 2.26 bits per heavy atom. The molecule has 1 amide bonds. The summed E-state index contributed by atoms with van der Waals surface area (Å²) in [6.07, 6.45) is 0. The van der Waals surface area contributed by atoms with Crippen LogP contribution in [0.2, 0.25) is 0 Å². The third-order valence-corrected chi connectivity index (χ3v) is 3.79. The van der Waals surface area contributed by atoms with E-state index in [2.05, 4.69) is 10.2 Å². The molecule has 1 atom stereocenters. The molecule has 0 spiro atoms. The molecule has 2 N–H and O–H groups in total. The summed E-state index contributed by atoms with van der Waals surface area (Å²) in [6, 6.07) is 9.17. The number of carboxylic acid groups (broad SMARTS) is 1. The Hall–Kier alpha value is -1.88. The summed E-state index contributed by atoms with van der Waals surface area (Å²) < 4.78 is 0. The Balaban J connectivity index is 2.66. The molecule has 5 heteroatoms. The number of carbonyl (C=O) groups excluding carboxylic acids is 1. The van der Waals surface area contributed by atoms with Gasteiger partial charge in [0.05, 0.1) is 5.41 Å². The number of aliphatic carboxylic acids is 1. The van der Waals surface area contributed by atoms with Gasteiger partial charge in [-0.05, 0) is 32.4 Å². The second-order valence-electron chi connectivity index (χ2n) is 7.08. The first kappa shape index (κ1) is 19.2. The van der Waals surface area contributed by atoms with E-state index in [-0.39, 0.29) is 11.8 Å². The van der Waals surface area contributed by atoms with Crippen LogP contribution in [0, 0.1) is 11.3 Å². The van der Waals surface area contributed by atoms with Gasteiger partial charge in [-0.15, -0.1) is 0 Å². The van der Waals surface area contributed by atoms with Crippen LogP contribution in [0.1, 0.15) is 33.3 Å². The third kappa shape index (κ3) is 6.02. The molecule has 0 saturated carbocycles. The highest BCUT2D eigenvalue weighted by atomic mass is 16.4. The van der Waals surface area contributed by atoms with Gasteiger partial charge in [0, 0.05) is 13.1 Å². The summed E-state index contributed by atoms with van der Waals surface area (Å²) in [5.41, 5.74) is 0.503. The van der Waals surface area contributed by atoms with E-state index in [1.54, 1.807) is 13.8 Å². The molecule has 23 heavy (non-hydrogen) atoms. The fourth-order valence-corrected chi connectivity index (χ4v) is 2.55. The normalized spacial score (nSPS) is 13.2. The minimum atomic E-state index is -0.998. The van der Waals surface area contributed by atoms with Gasteiger partial charge in [-0.2, -0.15) is 0 Å². The monoisotopic (exact) mass is 320 g/mol. The van der Waals surface area contributed by atoms with Crippen molar-refractivity contribution >= 4 is 11.9 Å². The van der Waals surface area contributed by atoms with Gasteiger partial charge in [0.15, 0.2) is 0 Å². The number of amides is 1. The van der Waals surface area contributed by atoms with E-state index < -0.39 is 17.4 Å². The van der Waals surface area contributed by atoms with Crippen molar-refractivity contribution in [3.05, 3.63) is 35.9 Å². The highest BCUT2D eigenvalue weighted by Gasteiger charge is 2.33. The Labute approximate surface area is 138 Å². The molecule has 0 aliphatic heterocycles. The lowest BCUT2D eigenvalue weighted by Gasteiger charge is -2.31. The summed E-state index contributed by atoms with van der Waals surface area (Å²) in [6.45, 7) is 8.52. The summed E-state index contributed by atoms with van der Waals surface area (Å²) in [4.78, 5) is 25.8. The lowest BCUT2D eigenvalue weighted by atomic mass is 9.90. The van der Waals surface area contributed by atoms with Crippen LogP contribution in [0.4, 0.5) is 0 Å². The van der Waals surface area contributed by atoms with E-state index in [1.165, 1.54) is 5.56 Å². The average molecular weight is 320 g/mol.